The fourth-order valence-corrected chi connectivity index (χ4v) is 2.68. The van der Waals surface area contributed by atoms with Gasteiger partial charge in [0, 0.05) is 23.7 Å². The molecule has 0 amide bonds. The number of pyridine rings is 1. The molecule has 0 unspecified atom stereocenters. The number of aryl methyl sites for hydroxylation is 2. The van der Waals surface area contributed by atoms with Gasteiger partial charge in [0.25, 0.3) is 0 Å². The van der Waals surface area contributed by atoms with E-state index >= 15 is 0 Å². The highest BCUT2D eigenvalue weighted by Gasteiger charge is 2.07. The van der Waals surface area contributed by atoms with Gasteiger partial charge in [-0.2, -0.15) is 5.10 Å². The second kappa shape index (κ2) is 5.73. The monoisotopic (exact) mass is 316 g/mol. The van der Waals surface area contributed by atoms with Gasteiger partial charge in [-0.15, -0.1) is 5.10 Å². The van der Waals surface area contributed by atoms with Gasteiger partial charge in [-0.25, -0.2) is 9.36 Å². The minimum atomic E-state index is 0.826. The second-order valence-corrected chi connectivity index (χ2v) is 5.64. The normalized spacial score (nSPS) is 10.9. The second-order valence-electron chi connectivity index (χ2n) is 5.64. The summed E-state index contributed by atoms with van der Waals surface area (Å²) in [6.45, 7) is 4.05. The maximum atomic E-state index is 4.51. The molecule has 0 saturated carbocycles. The van der Waals surface area contributed by atoms with E-state index in [1.54, 1.807) is 17.1 Å². The molecule has 0 saturated heterocycles. The third-order valence-electron chi connectivity index (χ3n) is 3.84. The van der Waals surface area contributed by atoms with Crippen molar-refractivity contribution in [2.75, 3.05) is 0 Å². The number of benzene rings is 1. The number of hydrogen-bond acceptors (Lipinski definition) is 4. The zero-order chi connectivity index (χ0) is 16.5. The van der Waals surface area contributed by atoms with Crippen molar-refractivity contribution in [3.63, 3.8) is 0 Å². The van der Waals surface area contributed by atoms with Crippen molar-refractivity contribution in [3.8, 4) is 22.6 Å². The van der Waals surface area contributed by atoms with Crippen molar-refractivity contribution in [2.24, 2.45) is 0 Å². The summed E-state index contributed by atoms with van der Waals surface area (Å²) in [6, 6.07) is 14.0. The Morgan fingerprint density at radius 1 is 0.875 bits per heavy atom. The molecule has 0 atom stereocenters. The lowest BCUT2D eigenvalue weighted by Crippen LogP contribution is -1.98. The summed E-state index contributed by atoms with van der Waals surface area (Å²) >= 11 is 0. The van der Waals surface area contributed by atoms with Crippen LogP contribution in [-0.4, -0.2) is 29.8 Å². The van der Waals surface area contributed by atoms with Crippen LogP contribution in [0.2, 0.25) is 0 Å². The molecule has 118 valence electrons. The van der Waals surface area contributed by atoms with Crippen molar-refractivity contribution in [1.82, 2.24) is 29.8 Å². The number of nitrogens with zero attached hydrogens (tertiary/aromatic N) is 6. The number of aromatic nitrogens is 6. The highest BCUT2D eigenvalue weighted by atomic mass is 15.4. The predicted octanol–water partition coefficient (Wildman–Crippen LogP) is 3.13. The first kappa shape index (κ1) is 14.3. The third kappa shape index (κ3) is 2.58. The highest BCUT2D eigenvalue weighted by Crippen LogP contribution is 2.20. The van der Waals surface area contributed by atoms with Gasteiger partial charge in [0.05, 0.1) is 23.3 Å². The van der Waals surface area contributed by atoms with Gasteiger partial charge in [0.1, 0.15) is 5.69 Å². The van der Waals surface area contributed by atoms with Crippen LogP contribution in [0.5, 0.6) is 0 Å². The molecule has 0 aliphatic rings. The standard InChI is InChI=1S/C18H16N6/c1-13-11-14(2)24(21-13)17-5-3-15(4-6-17)18-12-23(22-20-18)16-7-9-19-10-8-16/h3-12H,1-2H3. The summed E-state index contributed by atoms with van der Waals surface area (Å²) in [5, 5.41) is 12.9. The van der Waals surface area contributed by atoms with Crippen LogP contribution in [0, 0.1) is 13.8 Å². The van der Waals surface area contributed by atoms with Gasteiger partial charge < -0.3 is 0 Å². The maximum absolute atomic E-state index is 4.51. The highest BCUT2D eigenvalue weighted by molar-refractivity contribution is 5.60. The Bertz CT molecular complexity index is 966. The molecule has 0 aliphatic carbocycles. The Kier molecular flexibility index (Phi) is 3.42. The van der Waals surface area contributed by atoms with Gasteiger partial charge in [-0.3, -0.25) is 4.98 Å². The molecule has 4 rings (SSSR count). The van der Waals surface area contributed by atoms with Crippen molar-refractivity contribution in [1.29, 1.82) is 0 Å². The van der Waals surface area contributed by atoms with Gasteiger partial charge in [0.2, 0.25) is 0 Å². The molecular weight excluding hydrogens is 300 g/mol. The molecule has 0 bridgehead atoms. The minimum Gasteiger partial charge on any atom is -0.265 e. The summed E-state index contributed by atoms with van der Waals surface area (Å²) in [6.07, 6.45) is 5.38. The van der Waals surface area contributed by atoms with Gasteiger partial charge >= 0.3 is 0 Å². The van der Waals surface area contributed by atoms with Crippen molar-refractivity contribution in [2.45, 2.75) is 13.8 Å². The molecule has 4 aromatic rings. The molecule has 3 heterocycles. The predicted molar refractivity (Wildman–Crippen MR) is 91.2 cm³/mol. The lowest BCUT2D eigenvalue weighted by Gasteiger charge is -2.05. The van der Waals surface area contributed by atoms with Gasteiger partial charge in [0.15, 0.2) is 0 Å². The average Bonchev–Trinajstić information content (AvgIpc) is 3.22. The fourth-order valence-electron chi connectivity index (χ4n) is 2.68. The molecule has 24 heavy (non-hydrogen) atoms. The summed E-state index contributed by atoms with van der Waals surface area (Å²) in [5.74, 6) is 0. The van der Waals surface area contributed by atoms with Gasteiger partial charge in [-0.05, 0) is 44.2 Å². The first-order valence-corrected chi connectivity index (χ1v) is 7.67. The van der Waals surface area contributed by atoms with Crippen molar-refractivity contribution < 1.29 is 0 Å². The lowest BCUT2D eigenvalue weighted by molar-refractivity contribution is 0.802. The van der Waals surface area contributed by atoms with E-state index in [0.717, 1.165) is 34.0 Å². The fraction of sp³-hybridized carbons (Fsp3) is 0.111. The largest absolute Gasteiger partial charge is 0.265 e. The van der Waals surface area contributed by atoms with E-state index in [1.807, 2.05) is 61.1 Å². The zero-order valence-corrected chi connectivity index (χ0v) is 13.5. The van der Waals surface area contributed by atoms with E-state index < -0.39 is 0 Å². The van der Waals surface area contributed by atoms with Crippen molar-refractivity contribution in [3.05, 3.63) is 72.4 Å². The smallest absolute Gasteiger partial charge is 0.113 e. The molecule has 6 heteroatoms. The summed E-state index contributed by atoms with van der Waals surface area (Å²) in [5.41, 5.74) is 5.93. The summed E-state index contributed by atoms with van der Waals surface area (Å²) in [4.78, 5) is 4.01. The summed E-state index contributed by atoms with van der Waals surface area (Å²) < 4.78 is 3.68. The van der Waals surface area contributed by atoms with Crippen LogP contribution in [0.3, 0.4) is 0 Å². The SMILES string of the molecule is Cc1cc(C)n(-c2ccc(-c3cn(-c4ccncc4)nn3)cc2)n1. The van der Waals surface area contributed by atoms with Crippen LogP contribution in [-0.2, 0) is 0 Å². The molecule has 1 aromatic carbocycles. The molecule has 0 spiro atoms. The lowest BCUT2D eigenvalue weighted by atomic mass is 10.1. The first-order valence-electron chi connectivity index (χ1n) is 7.67. The summed E-state index contributed by atoms with van der Waals surface area (Å²) in [7, 11) is 0. The molecular formula is C18H16N6. The molecule has 0 aliphatic heterocycles. The van der Waals surface area contributed by atoms with Crippen molar-refractivity contribution >= 4 is 0 Å². The minimum absolute atomic E-state index is 0.826. The Morgan fingerprint density at radius 2 is 1.62 bits per heavy atom. The van der Waals surface area contributed by atoms with Crippen LogP contribution in [0.25, 0.3) is 22.6 Å². The van der Waals surface area contributed by atoms with E-state index in [4.69, 9.17) is 0 Å². The van der Waals surface area contributed by atoms with Crippen LogP contribution in [0.4, 0.5) is 0 Å². The van der Waals surface area contributed by atoms with E-state index in [-0.39, 0.29) is 0 Å². The first-order chi connectivity index (χ1) is 11.7. The Morgan fingerprint density at radius 3 is 2.29 bits per heavy atom. The maximum Gasteiger partial charge on any atom is 0.113 e. The quantitative estimate of drug-likeness (QED) is 0.582. The third-order valence-corrected chi connectivity index (χ3v) is 3.84. The zero-order valence-electron chi connectivity index (χ0n) is 13.5. The molecule has 3 aromatic heterocycles. The van der Waals surface area contributed by atoms with E-state index in [1.165, 1.54) is 0 Å². The van der Waals surface area contributed by atoms with Crippen LogP contribution in [0.1, 0.15) is 11.4 Å². The number of rotatable bonds is 3. The van der Waals surface area contributed by atoms with Crippen LogP contribution < -0.4 is 0 Å². The number of hydrogen-bond donors (Lipinski definition) is 0. The van der Waals surface area contributed by atoms with Gasteiger partial charge in [-0.1, -0.05) is 17.3 Å². The Hall–Kier alpha value is -3.28. The average molecular weight is 316 g/mol. The molecule has 0 N–H and O–H groups in total. The Balaban J connectivity index is 1.64. The molecule has 0 radical (unpaired) electrons. The van der Waals surface area contributed by atoms with Crippen LogP contribution >= 0.6 is 0 Å². The van der Waals surface area contributed by atoms with E-state index in [2.05, 4.69) is 26.5 Å². The molecule has 0 fully saturated rings. The van der Waals surface area contributed by atoms with Crippen LogP contribution in [0.15, 0.2) is 61.1 Å². The van der Waals surface area contributed by atoms with E-state index in [9.17, 15) is 0 Å². The topological polar surface area (TPSA) is 61.4 Å². The Labute approximate surface area is 139 Å². The molecule has 6 nitrogen and oxygen atoms in total. The van der Waals surface area contributed by atoms with E-state index in [0.29, 0.717) is 0 Å².